The average Bonchev–Trinajstić information content (AvgIpc) is 3.24. The van der Waals surface area contributed by atoms with E-state index in [-0.39, 0.29) is 23.5 Å². The lowest BCUT2D eigenvalue weighted by Gasteiger charge is -2.13. The molecule has 0 saturated carbocycles. The molecule has 1 heterocycles. The Hall–Kier alpha value is -3.57. The molecule has 0 aliphatic carbocycles. The number of nitrogens with one attached hydrogen (secondary N) is 3. The van der Waals surface area contributed by atoms with E-state index in [0.29, 0.717) is 44.4 Å². The second-order valence-corrected chi connectivity index (χ2v) is 9.27. The van der Waals surface area contributed by atoms with Gasteiger partial charge >= 0.3 is 0 Å². The molecule has 4 rings (SSSR count). The summed E-state index contributed by atoms with van der Waals surface area (Å²) in [5, 5.41) is 6.13. The Morgan fingerprint density at radius 3 is 2.58 bits per heavy atom. The molecule has 4 aromatic rings. The molecule has 11 heteroatoms. The summed E-state index contributed by atoms with van der Waals surface area (Å²) in [5.74, 6) is -0.744. The Morgan fingerprint density at radius 1 is 1.08 bits per heavy atom. The summed E-state index contributed by atoms with van der Waals surface area (Å²) in [6.45, 7) is 1.99. The van der Waals surface area contributed by atoms with E-state index in [1.807, 2.05) is 0 Å². The Kier molecular flexibility index (Phi) is 7.80. The highest BCUT2D eigenvalue weighted by Crippen LogP contribution is 2.27. The van der Waals surface area contributed by atoms with Gasteiger partial charge in [-0.25, -0.2) is 4.98 Å². The molecule has 3 aromatic carbocycles. The fourth-order valence-electron chi connectivity index (χ4n) is 3.74. The Bertz CT molecular complexity index is 1490. The van der Waals surface area contributed by atoms with E-state index in [1.54, 1.807) is 55.5 Å². The van der Waals surface area contributed by atoms with E-state index in [4.69, 9.17) is 16.3 Å². The maximum atomic E-state index is 13.3. The van der Waals surface area contributed by atoms with Crippen molar-refractivity contribution in [2.75, 3.05) is 17.7 Å². The monoisotopic (exact) mass is 525 g/mol. The van der Waals surface area contributed by atoms with Gasteiger partial charge in [0, 0.05) is 34.8 Å². The van der Waals surface area contributed by atoms with Crippen LogP contribution < -0.4 is 10.6 Å². The predicted octanol–water partition coefficient (Wildman–Crippen LogP) is 4.55. The number of methoxy groups -OCH3 is 1. The summed E-state index contributed by atoms with van der Waals surface area (Å²) >= 11 is 3.83. The SMILES string of the molecule is COCc1nc2c(C(=O)Nc3cccc(Cl)c3C)cc(NC(=O)c3ccccc3CS(=O)[O-])cc2[nH]1. The number of hydrogen-bond donors (Lipinski definition) is 3. The summed E-state index contributed by atoms with van der Waals surface area (Å²) in [6, 6.07) is 14.8. The number of H-pyrrole nitrogens is 1. The number of fused-ring (bicyclic) bond motifs is 1. The molecule has 9 nitrogen and oxygen atoms in total. The molecule has 36 heavy (non-hydrogen) atoms. The molecule has 0 spiro atoms. The highest BCUT2D eigenvalue weighted by Gasteiger charge is 2.19. The topological polar surface area (TPSA) is 136 Å². The van der Waals surface area contributed by atoms with Crippen LogP contribution in [0.5, 0.6) is 0 Å². The van der Waals surface area contributed by atoms with Crippen LogP contribution in [0.4, 0.5) is 11.4 Å². The van der Waals surface area contributed by atoms with Crippen molar-refractivity contribution in [2.45, 2.75) is 19.3 Å². The van der Waals surface area contributed by atoms with Gasteiger partial charge in [-0.05, 0) is 48.4 Å². The van der Waals surface area contributed by atoms with E-state index >= 15 is 0 Å². The molecule has 3 N–H and O–H groups in total. The van der Waals surface area contributed by atoms with Gasteiger partial charge in [0.15, 0.2) is 0 Å². The largest absolute Gasteiger partial charge is 0.772 e. The van der Waals surface area contributed by atoms with E-state index in [1.165, 1.54) is 13.2 Å². The Morgan fingerprint density at radius 2 is 1.83 bits per heavy atom. The number of aromatic nitrogens is 2. The lowest BCUT2D eigenvalue weighted by Crippen LogP contribution is -2.17. The van der Waals surface area contributed by atoms with Crippen LogP contribution in [-0.4, -0.2) is 37.7 Å². The molecule has 0 aliphatic heterocycles. The van der Waals surface area contributed by atoms with Crippen molar-refractivity contribution in [1.82, 2.24) is 9.97 Å². The zero-order chi connectivity index (χ0) is 25.8. The fourth-order valence-corrected chi connectivity index (χ4v) is 4.42. The number of rotatable bonds is 8. The van der Waals surface area contributed by atoms with Crippen molar-refractivity contribution in [3.8, 4) is 0 Å². The zero-order valence-corrected chi connectivity index (χ0v) is 21.0. The molecule has 0 bridgehead atoms. The van der Waals surface area contributed by atoms with Crippen molar-refractivity contribution in [3.63, 3.8) is 0 Å². The standard InChI is InChI=1S/C25H23ClN4O5S/c1-14-19(26)8-5-9-20(14)29-25(32)18-10-16(11-21-23(18)30-22(28-21)12-35-2)27-24(31)17-7-4-3-6-15(17)13-36(33)34/h3-11H,12-13H2,1-2H3,(H,27,31)(H,28,30)(H,29,32)(H,33,34)/p-1. The summed E-state index contributed by atoms with van der Waals surface area (Å²) < 4.78 is 27.6. The first-order valence-corrected chi connectivity index (χ1v) is 12.4. The minimum absolute atomic E-state index is 0.199. The third-order valence-electron chi connectivity index (χ3n) is 5.47. The fraction of sp³-hybridized carbons (Fsp3) is 0.160. The molecular formula is C25H22ClN4O5S-. The van der Waals surface area contributed by atoms with Crippen LogP contribution in [0.2, 0.25) is 5.02 Å². The minimum Gasteiger partial charge on any atom is -0.772 e. The average molecular weight is 526 g/mol. The number of halogens is 1. The first-order valence-electron chi connectivity index (χ1n) is 10.8. The number of carbonyl (C=O) groups excluding carboxylic acids is 2. The molecule has 0 radical (unpaired) electrons. The van der Waals surface area contributed by atoms with E-state index in [2.05, 4.69) is 20.6 Å². The number of benzene rings is 3. The van der Waals surface area contributed by atoms with Crippen LogP contribution in [0, 0.1) is 6.92 Å². The lowest BCUT2D eigenvalue weighted by molar-refractivity contribution is 0.101. The smallest absolute Gasteiger partial charge is 0.258 e. The van der Waals surface area contributed by atoms with Crippen LogP contribution >= 0.6 is 11.6 Å². The Labute approximate surface area is 214 Å². The number of imidazole rings is 1. The number of hydrogen-bond acceptors (Lipinski definition) is 6. The minimum atomic E-state index is -2.36. The molecule has 0 aliphatic rings. The van der Waals surface area contributed by atoms with Gasteiger partial charge < -0.3 is 24.9 Å². The van der Waals surface area contributed by atoms with E-state index in [0.717, 1.165) is 0 Å². The van der Waals surface area contributed by atoms with Gasteiger partial charge in [0.05, 0.1) is 11.1 Å². The normalized spacial score (nSPS) is 11.9. The third kappa shape index (κ3) is 5.63. The van der Waals surface area contributed by atoms with Crippen LogP contribution in [-0.2, 0) is 28.2 Å². The quantitative estimate of drug-likeness (QED) is 0.288. The van der Waals surface area contributed by atoms with Gasteiger partial charge in [-0.1, -0.05) is 46.9 Å². The number of amides is 2. The lowest BCUT2D eigenvalue weighted by atomic mass is 10.1. The van der Waals surface area contributed by atoms with Crippen molar-refractivity contribution < 1.29 is 23.1 Å². The van der Waals surface area contributed by atoms with Gasteiger partial charge in [-0.2, -0.15) is 0 Å². The summed E-state index contributed by atoms with van der Waals surface area (Å²) in [5.41, 5.74) is 3.29. The molecular weight excluding hydrogens is 504 g/mol. The van der Waals surface area contributed by atoms with Gasteiger partial charge in [0.2, 0.25) is 0 Å². The highest BCUT2D eigenvalue weighted by atomic mass is 35.5. The molecule has 2 amide bonds. The van der Waals surface area contributed by atoms with Gasteiger partial charge in [0.25, 0.3) is 11.8 Å². The molecule has 0 fully saturated rings. The number of carbonyl (C=O) groups is 2. The van der Waals surface area contributed by atoms with Gasteiger partial charge in [-0.15, -0.1) is 0 Å². The highest BCUT2D eigenvalue weighted by molar-refractivity contribution is 7.78. The summed E-state index contributed by atoms with van der Waals surface area (Å²) in [4.78, 5) is 33.9. The second kappa shape index (κ2) is 11.0. The van der Waals surface area contributed by atoms with Crippen LogP contribution in [0.3, 0.4) is 0 Å². The van der Waals surface area contributed by atoms with E-state index in [9.17, 15) is 18.4 Å². The van der Waals surface area contributed by atoms with E-state index < -0.39 is 22.9 Å². The van der Waals surface area contributed by atoms with Crippen LogP contribution in [0.15, 0.2) is 54.6 Å². The second-order valence-electron chi connectivity index (χ2n) is 7.96. The van der Waals surface area contributed by atoms with Crippen molar-refractivity contribution >= 4 is 56.9 Å². The third-order valence-corrected chi connectivity index (χ3v) is 6.43. The number of anilines is 2. The van der Waals surface area contributed by atoms with Crippen LogP contribution in [0.1, 0.15) is 37.7 Å². The first-order chi connectivity index (χ1) is 17.3. The number of nitrogens with zero attached hydrogens (tertiary/aromatic N) is 1. The van der Waals surface area contributed by atoms with Crippen molar-refractivity contribution in [3.05, 3.63) is 87.7 Å². The maximum Gasteiger partial charge on any atom is 0.258 e. The molecule has 1 atom stereocenters. The molecule has 1 aromatic heterocycles. The zero-order valence-electron chi connectivity index (χ0n) is 19.4. The maximum absolute atomic E-state index is 13.3. The van der Waals surface area contributed by atoms with Gasteiger partial charge in [-0.3, -0.25) is 13.8 Å². The molecule has 1 unspecified atom stereocenters. The Balaban J connectivity index is 1.72. The predicted molar refractivity (Wildman–Crippen MR) is 138 cm³/mol. The molecule has 0 saturated heterocycles. The number of ether oxygens (including phenoxy) is 1. The van der Waals surface area contributed by atoms with Crippen molar-refractivity contribution in [1.29, 1.82) is 0 Å². The van der Waals surface area contributed by atoms with Crippen LogP contribution in [0.25, 0.3) is 11.0 Å². The van der Waals surface area contributed by atoms with Crippen molar-refractivity contribution in [2.24, 2.45) is 0 Å². The molecule has 186 valence electrons. The van der Waals surface area contributed by atoms with Gasteiger partial charge in [0.1, 0.15) is 17.9 Å². The summed E-state index contributed by atoms with van der Waals surface area (Å²) in [7, 11) is 1.53. The first kappa shape index (κ1) is 25.5. The summed E-state index contributed by atoms with van der Waals surface area (Å²) in [6.07, 6.45) is 0. The number of aromatic amines is 1.